The van der Waals surface area contributed by atoms with E-state index in [1.54, 1.807) is 20.8 Å². The van der Waals surface area contributed by atoms with Gasteiger partial charge >= 0.3 is 5.97 Å². The molecule has 176 valence electrons. The van der Waals surface area contributed by atoms with E-state index in [0.717, 1.165) is 0 Å². The van der Waals surface area contributed by atoms with Crippen molar-refractivity contribution in [1.82, 2.24) is 0 Å². The minimum Gasteiger partial charge on any atom is -0.450 e. The number of ketones is 2. The summed E-state index contributed by atoms with van der Waals surface area (Å²) in [6.07, 6.45) is -0.252. The highest BCUT2D eigenvalue weighted by atomic mass is 35.5. The van der Waals surface area contributed by atoms with E-state index in [1.807, 2.05) is 0 Å². The molecule has 32 heavy (non-hydrogen) atoms. The summed E-state index contributed by atoms with van der Waals surface area (Å²) in [5, 5.41) is 11.5. The van der Waals surface area contributed by atoms with E-state index in [2.05, 4.69) is 0 Å². The molecule has 0 radical (unpaired) electrons. The number of halogens is 2. The first-order valence-electron chi connectivity index (χ1n) is 13.5. The third-order valence-electron chi connectivity index (χ3n) is 9.07. The number of alkyl halides is 2. The van der Waals surface area contributed by atoms with Crippen LogP contribution in [0.25, 0.3) is 0 Å². The van der Waals surface area contributed by atoms with E-state index in [-0.39, 0.29) is 25.0 Å². The van der Waals surface area contributed by atoms with Gasteiger partial charge in [-0.15, -0.1) is 11.6 Å². The van der Waals surface area contributed by atoms with Gasteiger partial charge in [-0.2, -0.15) is 0 Å². The van der Waals surface area contributed by atoms with E-state index >= 15 is 4.39 Å². The van der Waals surface area contributed by atoms with Gasteiger partial charge in [0.15, 0.2) is 22.8 Å². The molecule has 0 spiro atoms. The molecule has 4 rings (SSSR count). The Morgan fingerprint density at radius 3 is 2.78 bits per heavy atom. The van der Waals surface area contributed by atoms with Crippen molar-refractivity contribution in [3.8, 4) is 0 Å². The number of carbonyl (C=O) groups excluding carboxylic acids is 3. The zero-order valence-electron chi connectivity index (χ0n) is 23.4. The minimum atomic E-state index is -3.41. The first-order valence-corrected chi connectivity index (χ1v) is 11.5. The zero-order valence-corrected chi connectivity index (χ0v) is 19.2. The van der Waals surface area contributed by atoms with Gasteiger partial charge in [-0.25, -0.2) is 4.39 Å². The second-order valence-corrected chi connectivity index (χ2v) is 10.5. The van der Waals surface area contributed by atoms with Crippen LogP contribution in [0, 0.1) is 28.6 Å². The van der Waals surface area contributed by atoms with E-state index in [0.29, 0.717) is 12.0 Å². The average molecular weight is 472 g/mol. The summed E-state index contributed by atoms with van der Waals surface area (Å²) in [6.45, 7) is 1.53. The number of ether oxygens (including phenoxy) is 1. The Morgan fingerprint density at radius 2 is 2.12 bits per heavy atom. The predicted molar refractivity (Wildman–Crippen MR) is 118 cm³/mol. The van der Waals surface area contributed by atoms with Gasteiger partial charge in [-0.1, -0.05) is 32.3 Å². The molecule has 4 aliphatic rings. The molecule has 7 heteroatoms. The normalized spacial score (nSPS) is 50.4. The van der Waals surface area contributed by atoms with E-state index in [4.69, 9.17) is 23.2 Å². The Balaban J connectivity index is 1.84. The molecule has 8 atom stereocenters. The van der Waals surface area contributed by atoms with Crippen molar-refractivity contribution >= 4 is 29.1 Å². The number of esters is 1. The van der Waals surface area contributed by atoms with Crippen LogP contribution in [0.15, 0.2) is 23.8 Å². The van der Waals surface area contributed by atoms with Crippen LogP contribution in [0.5, 0.6) is 0 Å². The lowest BCUT2D eigenvalue weighted by Gasteiger charge is -2.62. The lowest BCUT2D eigenvalue weighted by Crippen LogP contribution is -2.70. The van der Waals surface area contributed by atoms with Crippen molar-refractivity contribution < 1.29 is 35.5 Å². The fourth-order valence-corrected chi connectivity index (χ4v) is 7.87. The molecule has 0 unspecified atom stereocenters. The molecule has 3 saturated carbocycles. The number of fused-ring (bicyclic) bond motifs is 5. The second kappa shape index (κ2) is 7.49. The molecule has 0 aromatic heterocycles. The standard InChI is InChI=1S/C25H32ClFO5/c1-5-21(31)32-25(20(30)13-26)14(2)10-18-17-7-6-15-11-16(28)8-9-22(15,3)24(17,27)19(29)12-23(18,25)4/h8-9,11,14,17-19,29H,5-7,10,12-13H2,1-4H3/t14-,17-,18-,19-,22-,23-,24-,25-/m0/s1/i1D3,5D2. The zero-order chi connectivity index (χ0) is 28.0. The SMILES string of the molecule is [2H]C([2H])([2H])C([2H])([2H])C(=O)O[C@]1(C(=O)CCl)[C@@H](C)C[C@H]2[C@@H]3CCC4=CC(=O)C=C[C@]4(C)[C@@]3(F)[C@@H](O)C[C@@]21C. The largest absolute Gasteiger partial charge is 0.450 e. The van der Waals surface area contributed by atoms with Crippen LogP contribution < -0.4 is 0 Å². The van der Waals surface area contributed by atoms with Crippen LogP contribution in [-0.4, -0.2) is 45.9 Å². The topological polar surface area (TPSA) is 80.7 Å². The van der Waals surface area contributed by atoms with Gasteiger partial charge in [-0.3, -0.25) is 14.4 Å². The van der Waals surface area contributed by atoms with Crippen LogP contribution in [0.4, 0.5) is 4.39 Å². The van der Waals surface area contributed by atoms with Gasteiger partial charge in [0.1, 0.15) is 0 Å². The van der Waals surface area contributed by atoms with Crippen LogP contribution in [0.1, 0.15) is 66.5 Å². The van der Waals surface area contributed by atoms with Crippen molar-refractivity contribution in [3.05, 3.63) is 23.8 Å². The third kappa shape index (κ3) is 2.68. The van der Waals surface area contributed by atoms with E-state index in [9.17, 15) is 19.5 Å². The maximum atomic E-state index is 17.3. The quantitative estimate of drug-likeness (QED) is 0.493. The van der Waals surface area contributed by atoms with Crippen LogP contribution in [0.2, 0.25) is 0 Å². The third-order valence-corrected chi connectivity index (χ3v) is 9.32. The Hall–Kier alpha value is -1.53. The highest BCUT2D eigenvalue weighted by Gasteiger charge is 2.77. The summed E-state index contributed by atoms with van der Waals surface area (Å²) in [4.78, 5) is 38.5. The monoisotopic (exact) mass is 471 g/mol. The van der Waals surface area contributed by atoms with Gasteiger partial charge in [-0.05, 0) is 50.7 Å². The molecule has 0 amide bonds. The van der Waals surface area contributed by atoms with Crippen molar-refractivity contribution in [2.45, 2.75) is 77.1 Å². The number of Topliss-reactive ketones (excluding diaryl/α,β-unsaturated/α-hetero) is 1. The van der Waals surface area contributed by atoms with Crippen LogP contribution >= 0.6 is 11.6 Å². The van der Waals surface area contributed by atoms with Gasteiger partial charge < -0.3 is 9.84 Å². The molecule has 0 aromatic carbocycles. The highest BCUT2D eigenvalue weighted by molar-refractivity contribution is 6.29. The lowest BCUT2D eigenvalue weighted by atomic mass is 9.44. The van der Waals surface area contributed by atoms with Gasteiger partial charge in [0, 0.05) is 35.9 Å². The molecular formula is C25H32ClFO5. The van der Waals surface area contributed by atoms with Crippen molar-refractivity contribution in [3.63, 3.8) is 0 Å². The summed E-state index contributed by atoms with van der Waals surface area (Å²) in [7, 11) is 0. The van der Waals surface area contributed by atoms with Gasteiger partial charge in [0.25, 0.3) is 0 Å². The van der Waals surface area contributed by atoms with Crippen LogP contribution in [-0.2, 0) is 19.1 Å². The van der Waals surface area contributed by atoms with Crippen LogP contribution in [0.3, 0.4) is 0 Å². The first-order chi connectivity index (χ1) is 16.8. The molecule has 0 heterocycles. The van der Waals surface area contributed by atoms with Gasteiger partial charge in [0.05, 0.1) is 12.0 Å². The summed E-state index contributed by atoms with van der Waals surface area (Å²) in [6, 6.07) is 0. The van der Waals surface area contributed by atoms with Crippen molar-refractivity contribution in [1.29, 1.82) is 0 Å². The summed E-state index contributed by atoms with van der Waals surface area (Å²) in [5.41, 5.74) is -6.27. The maximum Gasteiger partial charge on any atom is 0.306 e. The molecule has 0 aliphatic heterocycles. The Labute approximate surface area is 200 Å². The molecule has 0 aromatic rings. The van der Waals surface area contributed by atoms with Gasteiger partial charge in [0.2, 0.25) is 0 Å². The fraction of sp³-hybridized carbons (Fsp3) is 0.720. The lowest BCUT2D eigenvalue weighted by molar-refractivity contribution is -0.227. The Kier molecular flexibility index (Phi) is 4.19. The summed E-state index contributed by atoms with van der Waals surface area (Å²) >= 11 is 5.96. The molecule has 3 fully saturated rings. The molecule has 4 aliphatic carbocycles. The van der Waals surface area contributed by atoms with Crippen molar-refractivity contribution in [2.24, 2.45) is 28.6 Å². The molecule has 1 N–H and O–H groups in total. The highest BCUT2D eigenvalue weighted by Crippen LogP contribution is 2.71. The van der Waals surface area contributed by atoms with E-state index < -0.39 is 76.8 Å². The number of allylic oxidation sites excluding steroid dienone is 4. The minimum absolute atomic E-state index is 0.212. The maximum absolute atomic E-state index is 17.3. The average Bonchev–Trinajstić information content (AvgIpc) is 3.01. The Morgan fingerprint density at radius 1 is 1.41 bits per heavy atom. The van der Waals surface area contributed by atoms with Crippen molar-refractivity contribution in [2.75, 3.05) is 5.88 Å². The molecule has 0 bridgehead atoms. The van der Waals surface area contributed by atoms with E-state index in [1.165, 1.54) is 18.2 Å². The second-order valence-electron chi connectivity index (χ2n) is 10.2. The first kappa shape index (κ1) is 17.9. The fourth-order valence-electron chi connectivity index (χ4n) is 7.67. The predicted octanol–water partition coefficient (Wildman–Crippen LogP) is 4.10. The summed E-state index contributed by atoms with van der Waals surface area (Å²) < 4.78 is 61.1. The molecular weight excluding hydrogens is 435 g/mol. The Bertz CT molecular complexity index is 1110. The smallest absolute Gasteiger partial charge is 0.306 e. The number of carbonyl (C=O) groups is 3. The molecule has 5 nitrogen and oxygen atoms in total. The number of aliphatic hydroxyl groups is 1. The number of hydrogen-bond acceptors (Lipinski definition) is 5. The number of aliphatic hydroxyl groups excluding tert-OH is 1. The number of rotatable bonds is 4. The molecule has 0 saturated heterocycles. The number of hydrogen-bond donors (Lipinski definition) is 1. The summed E-state index contributed by atoms with van der Waals surface area (Å²) in [5.74, 6) is -5.44.